The average Bonchev–Trinajstić information content (AvgIpc) is 2.63. The lowest BCUT2D eigenvalue weighted by atomic mass is 10.1. The first kappa shape index (κ1) is 10.3. The van der Waals surface area contributed by atoms with Gasteiger partial charge in [0.05, 0.1) is 11.8 Å². The summed E-state index contributed by atoms with van der Waals surface area (Å²) in [5.41, 5.74) is 1.67. The summed E-state index contributed by atoms with van der Waals surface area (Å²) in [6, 6.07) is 1.61. The first-order valence-corrected chi connectivity index (χ1v) is 5.24. The summed E-state index contributed by atoms with van der Waals surface area (Å²) < 4.78 is 4.91. The van der Waals surface area contributed by atoms with E-state index >= 15 is 0 Å². The van der Waals surface area contributed by atoms with Crippen LogP contribution in [0.1, 0.15) is 23.7 Å². The van der Waals surface area contributed by atoms with Gasteiger partial charge in [-0.1, -0.05) is 11.6 Å². The molecule has 80 valence electrons. The highest BCUT2D eigenvalue weighted by Gasteiger charge is 2.21. The zero-order chi connectivity index (χ0) is 10.8. The lowest BCUT2D eigenvalue weighted by Gasteiger charge is -2.25. The number of halogens is 1. The minimum absolute atomic E-state index is 0.0544. The molecular formula is C11H12ClNO2. The van der Waals surface area contributed by atoms with Crippen LogP contribution in [0.25, 0.3) is 0 Å². The van der Waals surface area contributed by atoms with E-state index in [4.69, 9.17) is 16.0 Å². The maximum absolute atomic E-state index is 12.0. The van der Waals surface area contributed by atoms with Crippen molar-refractivity contribution < 1.29 is 9.21 Å². The molecule has 1 aromatic rings. The van der Waals surface area contributed by atoms with Crippen LogP contribution in [0.5, 0.6) is 0 Å². The van der Waals surface area contributed by atoms with Gasteiger partial charge in [0.2, 0.25) is 5.22 Å². The monoisotopic (exact) mass is 225 g/mol. The Balaban J connectivity index is 2.16. The number of nitrogens with zero attached hydrogens (tertiary/aromatic N) is 1. The highest BCUT2D eigenvalue weighted by molar-refractivity contribution is 6.32. The molecule has 0 unspecified atom stereocenters. The molecule has 1 aliphatic heterocycles. The first-order valence-electron chi connectivity index (χ1n) is 4.86. The van der Waals surface area contributed by atoms with Gasteiger partial charge in [-0.3, -0.25) is 4.79 Å². The first-order chi connectivity index (χ1) is 7.18. The normalized spacial score (nSPS) is 16.4. The fourth-order valence-corrected chi connectivity index (χ4v) is 1.90. The van der Waals surface area contributed by atoms with E-state index in [9.17, 15) is 4.79 Å². The van der Waals surface area contributed by atoms with E-state index in [1.165, 1.54) is 11.8 Å². The predicted molar refractivity (Wildman–Crippen MR) is 58.0 cm³/mol. The summed E-state index contributed by atoms with van der Waals surface area (Å²) in [7, 11) is 0. The van der Waals surface area contributed by atoms with Crippen LogP contribution < -0.4 is 0 Å². The molecule has 0 aliphatic carbocycles. The second-order valence-corrected chi connectivity index (χ2v) is 4.02. The quantitative estimate of drug-likeness (QED) is 0.689. The molecule has 0 N–H and O–H groups in total. The summed E-state index contributed by atoms with van der Waals surface area (Å²) in [5.74, 6) is -0.0544. The molecule has 0 aromatic carbocycles. The van der Waals surface area contributed by atoms with Crippen LogP contribution in [0, 0.1) is 0 Å². The maximum atomic E-state index is 12.0. The Labute approximate surface area is 93.3 Å². The average molecular weight is 226 g/mol. The lowest BCUT2D eigenvalue weighted by Crippen LogP contribution is -2.35. The van der Waals surface area contributed by atoms with Crippen molar-refractivity contribution >= 4 is 17.5 Å². The molecule has 1 aliphatic rings. The predicted octanol–water partition coefficient (Wildman–Crippen LogP) is 2.73. The molecule has 1 aromatic heterocycles. The molecule has 0 atom stereocenters. The van der Waals surface area contributed by atoms with Crippen LogP contribution >= 0.6 is 11.6 Å². The van der Waals surface area contributed by atoms with Crippen molar-refractivity contribution in [3.8, 4) is 0 Å². The summed E-state index contributed by atoms with van der Waals surface area (Å²) in [5, 5.41) is 0.173. The number of hydrogen-bond acceptors (Lipinski definition) is 2. The van der Waals surface area contributed by atoms with Crippen molar-refractivity contribution in [2.24, 2.45) is 0 Å². The number of furan rings is 1. The maximum Gasteiger partial charge on any atom is 0.259 e. The van der Waals surface area contributed by atoms with Crippen molar-refractivity contribution in [2.45, 2.75) is 13.3 Å². The van der Waals surface area contributed by atoms with E-state index in [2.05, 4.69) is 6.08 Å². The van der Waals surface area contributed by atoms with Crippen LogP contribution in [0.3, 0.4) is 0 Å². The van der Waals surface area contributed by atoms with Gasteiger partial charge in [0, 0.05) is 13.1 Å². The summed E-state index contributed by atoms with van der Waals surface area (Å²) in [6.45, 7) is 3.45. The van der Waals surface area contributed by atoms with Gasteiger partial charge < -0.3 is 9.32 Å². The third kappa shape index (κ3) is 2.07. The Bertz CT molecular complexity index is 408. The number of carbonyl (C=O) groups excluding carboxylic acids is 1. The van der Waals surface area contributed by atoms with Crippen molar-refractivity contribution in [2.75, 3.05) is 13.1 Å². The molecule has 3 nitrogen and oxygen atoms in total. The smallest absolute Gasteiger partial charge is 0.259 e. The van der Waals surface area contributed by atoms with Gasteiger partial charge in [-0.05, 0) is 31.0 Å². The molecule has 2 rings (SSSR count). The van der Waals surface area contributed by atoms with Crippen molar-refractivity contribution in [1.29, 1.82) is 0 Å². The Morgan fingerprint density at radius 2 is 2.40 bits per heavy atom. The van der Waals surface area contributed by atoms with E-state index in [0.29, 0.717) is 12.1 Å². The molecular weight excluding hydrogens is 214 g/mol. The van der Waals surface area contributed by atoms with E-state index in [-0.39, 0.29) is 11.1 Å². The largest absolute Gasteiger partial charge is 0.452 e. The van der Waals surface area contributed by atoms with Crippen LogP contribution in [-0.2, 0) is 0 Å². The van der Waals surface area contributed by atoms with Crippen molar-refractivity contribution in [1.82, 2.24) is 4.90 Å². The zero-order valence-electron chi connectivity index (χ0n) is 8.50. The molecule has 0 saturated heterocycles. The topological polar surface area (TPSA) is 33.5 Å². The van der Waals surface area contributed by atoms with Crippen LogP contribution in [-0.4, -0.2) is 23.9 Å². The number of carbonyl (C=O) groups is 1. The van der Waals surface area contributed by atoms with Gasteiger partial charge in [-0.2, -0.15) is 0 Å². The van der Waals surface area contributed by atoms with Gasteiger partial charge in [0.15, 0.2) is 0 Å². The molecule has 0 saturated carbocycles. The van der Waals surface area contributed by atoms with Crippen LogP contribution in [0.4, 0.5) is 0 Å². The highest BCUT2D eigenvalue weighted by atomic mass is 35.5. The van der Waals surface area contributed by atoms with E-state index in [0.717, 1.165) is 13.0 Å². The summed E-state index contributed by atoms with van der Waals surface area (Å²) in [6.07, 6.45) is 4.50. The summed E-state index contributed by atoms with van der Waals surface area (Å²) >= 11 is 5.76. The molecule has 15 heavy (non-hydrogen) atoms. The number of amides is 1. The zero-order valence-corrected chi connectivity index (χ0v) is 9.25. The van der Waals surface area contributed by atoms with Gasteiger partial charge in [0.1, 0.15) is 0 Å². The highest BCUT2D eigenvalue weighted by Crippen LogP contribution is 2.20. The Morgan fingerprint density at radius 3 is 3.00 bits per heavy atom. The van der Waals surface area contributed by atoms with Crippen molar-refractivity contribution in [3.05, 3.63) is 34.8 Å². The minimum atomic E-state index is -0.0544. The molecule has 0 spiro atoms. The van der Waals surface area contributed by atoms with E-state index in [1.807, 2.05) is 6.92 Å². The van der Waals surface area contributed by atoms with Gasteiger partial charge in [-0.15, -0.1) is 0 Å². The molecule has 0 bridgehead atoms. The van der Waals surface area contributed by atoms with Gasteiger partial charge in [-0.25, -0.2) is 0 Å². The fraction of sp³-hybridized carbons (Fsp3) is 0.364. The third-order valence-electron chi connectivity index (χ3n) is 2.47. The third-order valence-corrected chi connectivity index (χ3v) is 2.76. The van der Waals surface area contributed by atoms with Crippen LogP contribution in [0.2, 0.25) is 5.22 Å². The van der Waals surface area contributed by atoms with Crippen molar-refractivity contribution in [3.63, 3.8) is 0 Å². The minimum Gasteiger partial charge on any atom is -0.452 e. The van der Waals surface area contributed by atoms with Crippen LogP contribution in [0.15, 0.2) is 28.4 Å². The molecule has 2 heterocycles. The summed E-state index contributed by atoms with van der Waals surface area (Å²) in [4.78, 5) is 13.8. The second kappa shape index (κ2) is 4.11. The lowest BCUT2D eigenvalue weighted by molar-refractivity contribution is 0.0765. The number of rotatable bonds is 1. The Hall–Kier alpha value is -1.22. The van der Waals surface area contributed by atoms with Gasteiger partial charge >= 0.3 is 0 Å². The molecule has 0 fully saturated rings. The van der Waals surface area contributed by atoms with E-state index < -0.39 is 0 Å². The molecule has 0 radical (unpaired) electrons. The second-order valence-electron chi connectivity index (χ2n) is 3.67. The fourth-order valence-electron chi connectivity index (χ4n) is 1.70. The Kier molecular flexibility index (Phi) is 2.82. The number of hydrogen-bond donors (Lipinski definition) is 0. The molecule has 1 amide bonds. The SMILES string of the molecule is CC1=CCCN(C(=O)c2ccoc2Cl)C1. The molecule has 4 heteroatoms. The standard InChI is InChI=1S/C11H12ClNO2/c1-8-3-2-5-13(7-8)11(14)9-4-6-15-10(9)12/h3-4,6H,2,5,7H2,1H3. The van der Waals surface area contributed by atoms with E-state index in [1.54, 1.807) is 11.0 Å². The Morgan fingerprint density at radius 1 is 1.60 bits per heavy atom. The van der Waals surface area contributed by atoms with Gasteiger partial charge in [0.25, 0.3) is 5.91 Å².